The predicted octanol–water partition coefficient (Wildman–Crippen LogP) is 2.32. The summed E-state index contributed by atoms with van der Waals surface area (Å²) in [6.45, 7) is 13.9. The summed E-state index contributed by atoms with van der Waals surface area (Å²) >= 11 is 0. The van der Waals surface area contributed by atoms with Crippen molar-refractivity contribution in [3.8, 4) is 0 Å². The van der Waals surface area contributed by atoms with Gasteiger partial charge in [-0.2, -0.15) is 0 Å². The number of nitrogens with zero attached hydrogens (tertiary/aromatic N) is 1. The van der Waals surface area contributed by atoms with Crippen LogP contribution in [-0.2, 0) is 9.47 Å². The Labute approximate surface area is 93.7 Å². The van der Waals surface area contributed by atoms with Crippen LogP contribution in [-0.4, -0.2) is 37.1 Å². The number of rotatable bonds is 7. The van der Waals surface area contributed by atoms with E-state index in [-0.39, 0.29) is 12.5 Å². The molecule has 0 bridgehead atoms. The highest BCUT2D eigenvalue weighted by Crippen LogP contribution is 2.28. The Morgan fingerprint density at radius 2 is 1.67 bits per heavy atom. The van der Waals surface area contributed by atoms with Gasteiger partial charge in [-0.25, -0.2) is 0 Å². The molecule has 90 valence electrons. The monoisotopic (exact) mass is 215 g/mol. The standard InChI is InChI=1S/C12H25NO2/c1-6-14-12-11(15-12)13(7-9(2)3)8-10(4)5/h9-12H,6-8H2,1-5H3. The van der Waals surface area contributed by atoms with Gasteiger partial charge in [0.2, 0.25) is 0 Å². The summed E-state index contributed by atoms with van der Waals surface area (Å²) < 4.78 is 11.0. The second-order valence-corrected chi connectivity index (χ2v) is 5.09. The molecule has 0 amide bonds. The summed E-state index contributed by atoms with van der Waals surface area (Å²) in [5.74, 6) is 1.35. The van der Waals surface area contributed by atoms with Crippen molar-refractivity contribution in [2.45, 2.75) is 47.1 Å². The first kappa shape index (κ1) is 12.9. The molecule has 15 heavy (non-hydrogen) atoms. The lowest BCUT2D eigenvalue weighted by Crippen LogP contribution is -2.35. The average molecular weight is 215 g/mol. The van der Waals surface area contributed by atoms with Gasteiger partial charge in [0, 0.05) is 19.7 Å². The SMILES string of the molecule is CCOC1OC1N(CC(C)C)CC(C)C. The zero-order valence-electron chi connectivity index (χ0n) is 10.7. The van der Waals surface area contributed by atoms with Gasteiger partial charge in [-0.3, -0.25) is 4.90 Å². The Morgan fingerprint density at radius 3 is 2.07 bits per heavy atom. The van der Waals surface area contributed by atoms with E-state index in [0.717, 1.165) is 19.7 Å². The van der Waals surface area contributed by atoms with Gasteiger partial charge in [0.05, 0.1) is 0 Å². The molecule has 2 unspecified atom stereocenters. The lowest BCUT2D eigenvalue weighted by Gasteiger charge is -2.24. The smallest absolute Gasteiger partial charge is 0.199 e. The minimum Gasteiger partial charge on any atom is -0.349 e. The second kappa shape index (κ2) is 5.83. The van der Waals surface area contributed by atoms with Crippen LogP contribution in [0.5, 0.6) is 0 Å². The zero-order valence-corrected chi connectivity index (χ0v) is 10.7. The third-order valence-electron chi connectivity index (χ3n) is 2.32. The van der Waals surface area contributed by atoms with Gasteiger partial charge >= 0.3 is 0 Å². The minimum atomic E-state index is 0.0208. The summed E-state index contributed by atoms with van der Waals surface area (Å²) in [4.78, 5) is 2.40. The Kier molecular flexibility index (Phi) is 5.03. The molecule has 1 fully saturated rings. The lowest BCUT2D eigenvalue weighted by atomic mass is 10.1. The quantitative estimate of drug-likeness (QED) is 0.609. The molecule has 3 heteroatoms. The maximum absolute atomic E-state index is 5.52. The van der Waals surface area contributed by atoms with Gasteiger partial charge < -0.3 is 9.47 Å². The molecule has 0 aromatic carbocycles. The predicted molar refractivity (Wildman–Crippen MR) is 61.5 cm³/mol. The molecule has 0 N–H and O–H groups in total. The first-order valence-corrected chi connectivity index (χ1v) is 6.05. The summed E-state index contributed by atoms with van der Waals surface area (Å²) in [5.41, 5.74) is 0. The third-order valence-corrected chi connectivity index (χ3v) is 2.32. The molecule has 0 spiro atoms. The number of hydrogen-bond acceptors (Lipinski definition) is 3. The van der Waals surface area contributed by atoms with E-state index in [4.69, 9.17) is 9.47 Å². The Bertz CT molecular complexity index is 172. The van der Waals surface area contributed by atoms with Crippen molar-refractivity contribution < 1.29 is 9.47 Å². The molecular weight excluding hydrogens is 190 g/mol. The van der Waals surface area contributed by atoms with Gasteiger partial charge in [-0.15, -0.1) is 0 Å². The van der Waals surface area contributed by atoms with Crippen LogP contribution in [0.1, 0.15) is 34.6 Å². The fraction of sp³-hybridized carbons (Fsp3) is 1.00. The van der Waals surface area contributed by atoms with Crippen molar-refractivity contribution in [2.24, 2.45) is 11.8 Å². The first-order chi connectivity index (χ1) is 7.04. The molecule has 1 rings (SSSR count). The Morgan fingerprint density at radius 1 is 1.13 bits per heavy atom. The molecule has 3 nitrogen and oxygen atoms in total. The largest absolute Gasteiger partial charge is 0.349 e. The number of ether oxygens (including phenoxy) is 2. The average Bonchev–Trinajstić information content (AvgIpc) is 2.81. The molecule has 0 saturated carbocycles. The molecule has 0 radical (unpaired) electrons. The fourth-order valence-corrected chi connectivity index (χ4v) is 1.86. The maximum Gasteiger partial charge on any atom is 0.199 e. The second-order valence-electron chi connectivity index (χ2n) is 5.09. The van der Waals surface area contributed by atoms with Crippen molar-refractivity contribution in [2.75, 3.05) is 19.7 Å². The van der Waals surface area contributed by atoms with Crippen molar-refractivity contribution in [1.82, 2.24) is 4.90 Å². The van der Waals surface area contributed by atoms with E-state index in [1.807, 2.05) is 6.92 Å². The van der Waals surface area contributed by atoms with E-state index in [0.29, 0.717) is 11.8 Å². The fourth-order valence-electron chi connectivity index (χ4n) is 1.86. The minimum absolute atomic E-state index is 0.0208. The molecule has 1 aliphatic heterocycles. The van der Waals surface area contributed by atoms with E-state index in [1.165, 1.54) is 0 Å². The topological polar surface area (TPSA) is 25.0 Å². The van der Waals surface area contributed by atoms with Crippen molar-refractivity contribution in [1.29, 1.82) is 0 Å². The maximum atomic E-state index is 5.52. The van der Waals surface area contributed by atoms with Gasteiger partial charge in [-0.1, -0.05) is 27.7 Å². The van der Waals surface area contributed by atoms with Crippen LogP contribution in [0.4, 0.5) is 0 Å². The highest BCUT2D eigenvalue weighted by Gasteiger charge is 2.44. The molecule has 1 heterocycles. The van der Waals surface area contributed by atoms with Crippen LogP contribution in [0, 0.1) is 11.8 Å². The van der Waals surface area contributed by atoms with Gasteiger partial charge in [0.25, 0.3) is 0 Å². The van der Waals surface area contributed by atoms with E-state index < -0.39 is 0 Å². The van der Waals surface area contributed by atoms with Crippen molar-refractivity contribution >= 4 is 0 Å². The highest BCUT2D eigenvalue weighted by atomic mass is 16.8. The van der Waals surface area contributed by atoms with Crippen LogP contribution in [0.25, 0.3) is 0 Å². The molecule has 1 aliphatic rings. The summed E-state index contributed by atoms with van der Waals surface area (Å²) in [6.07, 6.45) is 0.224. The number of hydrogen-bond donors (Lipinski definition) is 0. The van der Waals surface area contributed by atoms with Crippen molar-refractivity contribution in [3.63, 3.8) is 0 Å². The molecule has 1 saturated heterocycles. The highest BCUT2D eigenvalue weighted by molar-refractivity contribution is 4.79. The number of epoxide rings is 1. The van der Waals surface area contributed by atoms with E-state index in [2.05, 4.69) is 32.6 Å². The Balaban J connectivity index is 2.36. The van der Waals surface area contributed by atoms with E-state index >= 15 is 0 Å². The summed E-state index contributed by atoms with van der Waals surface area (Å²) in [7, 11) is 0. The molecule has 0 aromatic rings. The normalized spacial score (nSPS) is 25.6. The van der Waals surface area contributed by atoms with Gasteiger partial charge in [-0.05, 0) is 18.8 Å². The van der Waals surface area contributed by atoms with Crippen LogP contribution >= 0.6 is 0 Å². The van der Waals surface area contributed by atoms with Crippen LogP contribution in [0.3, 0.4) is 0 Å². The van der Waals surface area contributed by atoms with Crippen LogP contribution < -0.4 is 0 Å². The Hall–Kier alpha value is -0.120. The molecular formula is C12H25NO2. The molecule has 2 atom stereocenters. The molecule has 0 aliphatic carbocycles. The lowest BCUT2D eigenvalue weighted by molar-refractivity contribution is 0.0591. The van der Waals surface area contributed by atoms with E-state index in [9.17, 15) is 0 Å². The van der Waals surface area contributed by atoms with Crippen LogP contribution in [0.2, 0.25) is 0 Å². The first-order valence-electron chi connectivity index (χ1n) is 6.05. The summed E-state index contributed by atoms with van der Waals surface area (Å²) in [5, 5.41) is 0. The summed E-state index contributed by atoms with van der Waals surface area (Å²) in [6, 6.07) is 0. The molecule has 0 aromatic heterocycles. The zero-order chi connectivity index (χ0) is 11.4. The van der Waals surface area contributed by atoms with Gasteiger partial charge in [0.15, 0.2) is 12.5 Å². The van der Waals surface area contributed by atoms with E-state index in [1.54, 1.807) is 0 Å². The third kappa shape index (κ3) is 4.49. The van der Waals surface area contributed by atoms with Crippen LogP contribution in [0.15, 0.2) is 0 Å². The van der Waals surface area contributed by atoms with Crippen molar-refractivity contribution in [3.05, 3.63) is 0 Å². The van der Waals surface area contributed by atoms with Gasteiger partial charge in [0.1, 0.15) is 0 Å².